The van der Waals surface area contributed by atoms with Crippen LogP contribution in [0.5, 0.6) is 0 Å². The lowest BCUT2D eigenvalue weighted by molar-refractivity contribution is 0.454. The fraction of sp³-hybridized carbons (Fsp3) is 0.375. The van der Waals surface area contributed by atoms with Crippen molar-refractivity contribution >= 4 is 34.8 Å². The molecule has 0 radical (unpaired) electrons. The summed E-state index contributed by atoms with van der Waals surface area (Å²) in [7, 11) is 2.09. The van der Waals surface area contributed by atoms with Gasteiger partial charge < -0.3 is 4.90 Å². The Bertz CT molecular complexity index is 508. The predicted molar refractivity (Wildman–Crippen MR) is 92.6 cm³/mol. The number of hydrogen-bond acceptors (Lipinski definition) is 1. The van der Waals surface area contributed by atoms with Crippen LogP contribution in [0.1, 0.15) is 20.3 Å². The summed E-state index contributed by atoms with van der Waals surface area (Å²) < 4.78 is 0. The zero-order valence-electron chi connectivity index (χ0n) is 12.1. The molecule has 0 heterocycles. The molecule has 0 saturated carbocycles. The Labute approximate surface area is 132 Å². The van der Waals surface area contributed by atoms with E-state index in [4.69, 9.17) is 22.5 Å². The number of halogens is 2. The number of allylic oxidation sites excluding steroid dienone is 4. The Morgan fingerprint density at radius 2 is 1.85 bits per heavy atom. The van der Waals surface area contributed by atoms with E-state index in [9.17, 15) is 0 Å². The number of nitrogens with zero attached hydrogens (tertiary/aromatic N) is 1. The monoisotopic (exact) mass is 327 g/mol. The highest BCUT2D eigenvalue weighted by Crippen LogP contribution is 2.58. The molecular weight excluding hydrogens is 308 g/mol. The van der Waals surface area contributed by atoms with E-state index in [-0.39, 0.29) is 0 Å². The standard InChI is InChI=1S/C16H20Cl2NP/c1-12(2)13-9-10-16(20(17)18)15(11-13)19(3)14-7-5-4-6-8-14/h4-10,12-13H,11H2,1-3H3. The maximum Gasteiger partial charge on any atom is 0.118 e. The summed E-state index contributed by atoms with van der Waals surface area (Å²) in [4.78, 5) is 2.22. The first-order valence-corrected chi connectivity index (χ1v) is 9.97. The molecule has 1 atom stereocenters. The van der Waals surface area contributed by atoms with Crippen molar-refractivity contribution in [2.75, 3.05) is 11.9 Å². The molecule has 0 aromatic heterocycles. The molecule has 0 aliphatic heterocycles. The smallest absolute Gasteiger partial charge is 0.118 e. The van der Waals surface area contributed by atoms with Crippen LogP contribution in [0.25, 0.3) is 0 Å². The normalized spacial score (nSPS) is 19.1. The number of anilines is 1. The fourth-order valence-electron chi connectivity index (χ4n) is 2.43. The minimum atomic E-state index is -1.12. The van der Waals surface area contributed by atoms with Crippen molar-refractivity contribution in [1.82, 2.24) is 0 Å². The average molecular weight is 328 g/mol. The van der Waals surface area contributed by atoms with Gasteiger partial charge in [0.1, 0.15) is 6.63 Å². The highest BCUT2D eigenvalue weighted by atomic mass is 35.9. The van der Waals surface area contributed by atoms with Crippen LogP contribution < -0.4 is 4.90 Å². The summed E-state index contributed by atoms with van der Waals surface area (Å²) in [6, 6.07) is 10.3. The third-order valence-electron chi connectivity index (χ3n) is 3.81. The molecule has 1 unspecified atom stereocenters. The van der Waals surface area contributed by atoms with Crippen LogP contribution in [0.3, 0.4) is 0 Å². The van der Waals surface area contributed by atoms with Gasteiger partial charge in [-0.05, 0) is 30.4 Å². The quantitative estimate of drug-likeness (QED) is 0.582. The van der Waals surface area contributed by atoms with E-state index in [1.807, 2.05) is 6.07 Å². The molecule has 0 fully saturated rings. The molecule has 1 aliphatic carbocycles. The van der Waals surface area contributed by atoms with Crippen LogP contribution in [-0.4, -0.2) is 7.05 Å². The van der Waals surface area contributed by atoms with Gasteiger partial charge in [-0.3, -0.25) is 0 Å². The van der Waals surface area contributed by atoms with Crippen LogP contribution in [0.2, 0.25) is 0 Å². The highest BCUT2D eigenvalue weighted by Gasteiger charge is 2.24. The largest absolute Gasteiger partial charge is 0.347 e. The molecule has 0 saturated heterocycles. The second-order valence-electron chi connectivity index (χ2n) is 5.43. The van der Waals surface area contributed by atoms with Crippen molar-refractivity contribution in [2.45, 2.75) is 20.3 Å². The Balaban J connectivity index is 2.35. The van der Waals surface area contributed by atoms with E-state index in [1.54, 1.807) is 0 Å². The molecule has 108 valence electrons. The topological polar surface area (TPSA) is 3.24 Å². The molecule has 2 rings (SSSR count). The second kappa shape index (κ2) is 6.98. The number of hydrogen-bond donors (Lipinski definition) is 0. The van der Waals surface area contributed by atoms with Gasteiger partial charge in [-0.15, -0.1) is 0 Å². The van der Waals surface area contributed by atoms with Gasteiger partial charge in [0.05, 0.1) is 0 Å². The Kier molecular flexibility index (Phi) is 5.55. The first-order valence-electron chi connectivity index (χ1n) is 6.82. The molecule has 4 heteroatoms. The summed E-state index contributed by atoms with van der Waals surface area (Å²) in [5, 5.41) is 1.08. The maximum atomic E-state index is 6.20. The van der Waals surface area contributed by atoms with Crippen LogP contribution in [0, 0.1) is 11.8 Å². The van der Waals surface area contributed by atoms with Crippen LogP contribution in [0.4, 0.5) is 5.69 Å². The number of benzene rings is 1. The van der Waals surface area contributed by atoms with E-state index in [1.165, 1.54) is 11.4 Å². The van der Waals surface area contributed by atoms with Crippen molar-refractivity contribution in [1.29, 1.82) is 0 Å². The first-order chi connectivity index (χ1) is 9.50. The fourth-order valence-corrected chi connectivity index (χ4v) is 3.99. The molecule has 1 aromatic rings. The summed E-state index contributed by atoms with van der Waals surface area (Å²) in [5.41, 5.74) is 2.41. The van der Waals surface area contributed by atoms with E-state index < -0.39 is 6.63 Å². The summed E-state index contributed by atoms with van der Waals surface area (Å²) in [6.07, 6.45) is 5.37. The third-order valence-corrected chi connectivity index (χ3v) is 5.68. The Morgan fingerprint density at radius 1 is 1.20 bits per heavy atom. The van der Waals surface area contributed by atoms with Crippen LogP contribution in [0.15, 0.2) is 53.5 Å². The SMILES string of the molecule is CC(C)C1C=CC(P(Cl)Cl)=C(N(C)c2ccccc2)C1. The van der Waals surface area contributed by atoms with Gasteiger partial charge in [0, 0.05) is 23.7 Å². The predicted octanol–water partition coefficient (Wildman–Crippen LogP) is 6.36. The Hall–Kier alpha value is -0.490. The molecule has 1 aliphatic rings. The van der Waals surface area contributed by atoms with Crippen molar-refractivity contribution in [2.24, 2.45) is 11.8 Å². The Morgan fingerprint density at radius 3 is 2.40 bits per heavy atom. The molecule has 20 heavy (non-hydrogen) atoms. The van der Waals surface area contributed by atoms with Gasteiger partial charge in [-0.25, -0.2) is 0 Å². The molecule has 0 amide bonds. The summed E-state index contributed by atoms with van der Waals surface area (Å²) in [6.45, 7) is 3.39. The van der Waals surface area contributed by atoms with E-state index >= 15 is 0 Å². The van der Waals surface area contributed by atoms with Crippen LogP contribution in [-0.2, 0) is 0 Å². The third kappa shape index (κ3) is 3.58. The zero-order chi connectivity index (χ0) is 14.7. The minimum absolute atomic E-state index is 0.545. The number of para-hydroxylation sites is 1. The highest BCUT2D eigenvalue weighted by molar-refractivity contribution is 8.06. The lowest BCUT2D eigenvalue weighted by atomic mass is 9.87. The van der Waals surface area contributed by atoms with Gasteiger partial charge >= 0.3 is 0 Å². The maximum absolute atomic E-state index is 6.20. The first kappa shape index (κ1) is 15.9. The van der Waals surface area contributed by atoms with Gasteiger partial charge in [-0.1, -0.05) is 66.7 Å². The molecule has 1 aromatic carbocycles. The van der Waals surface area contributed by atoms with Gasteiger partial charge in [0.15, 0.2) is 0 Å². The van der Waals surface area contributed by atoms with Gasteiger partial charge in [-0.2, -0.15) is 0 Å². The molecule has 0 N–H and O–H groups in total. The van der Waals surface area contributed by atoms with Gasteiger partial charge in [0.2, 0.25) is 0 Å². The zero-order valence-corrected chi connectivity index (χ0v) is 14.5. The summed E-state index contributed by atoms with van der Waals surface area (Å²) in [5.74, 6) is 1.16. The second-order valence-corrected chi connectivity index (χ2v) is 8.93. The molecule has 0 spiro atoms. The lowest BCUT2D eigenvalue weighted by Crippen LogP contribution is -2.23. The van der Waals surface area contributed by atoms with E-state index in [2.05, 4.69) is 62.2 Å². The van der Waals surface area contributed by atoms with Crippen molar-refractivity contribution in [3.63, 3.8) is 0 Å². The van der Waals surface area contributed by atoms with Crippen molar-refractivity contribution in [3.05, 3.63) is 53.5 Å². The van der Waals surface area contributed by atoms with E-state index in [0.717, 1.165) is 11.7 Å². The minimum Gasteiger partial charge on any atom is -0.347 e. The molecular formula is C16H20Cl2NP. The van der Waals surface area contributed by atoms with Crippen molar-refractivity contribution < 1.29 is 0 Å². The molecule has 1 nitrogen and oxygen atoms in total. The molecule has 0 bridgehead atoms. The van der Waals surface area contributed by atoms with Crippen molar-refractivity contribution in [3.8, 4) is 0 Å². The lowest BCUT2D eigenvalue weighted by Gasteiger charge is -2.32. The van der Waals surface area contributed by atoms with E-state index in [0.29, 0.717) is 11.8 Å². The number of rotatable bonds is 4. The average Bonchev–Trinajstić information content (AvgIpc) is 2.46. The van der Waals surface area contributed by atoms with Crippen LogP contribution >= 0.6 is 29.1 Å². The summed E-state index contributed by atoms with van der Waals surface area (Å²) >= 11 is 12.4. The van der Waals surface area contributed by atoms with Gasteiger partial charge in [0.25, 0.3) is 0 Å².